The third kappa shape index (κ3) is 1.90. The van der Waals surface area contributed by atoms with Crippen molar-refractivity contribution in [3.63, 3.8) is 0 Å². The van der Waals surface area contributed by atoms with Crippen LogP contribution in [0.25, 0.3) is 10.2 Å². The molecule has 0 saturated heterocycles. The number of nitrogens with one attached hydrogen (secondary N) is 1. The fourth-order valence-electron chi connectivity index (χ4n) is 1.59. The quantitative estimate of drug-likeness (QED) is 0.722. The van der Waals surface area contributed by atoms with E-state index >= 15 is 0 Å². The average Bonchev–Trinajstić information content (AvgIpc) is 2.72. The molecule has 0 aliphatic heterocycles. The number of anilines is 3. The molecule has 1 aromatic carbocycles. The second-order valence-corrected chi connectivity index (χ2v) is 4.52. The summed E-state index contributed by atoms with van der Waals surface area (Å²) in [5.74, 6) is 0. The van der Waals surface area contributed by atoms with Gasteiger partial charge >= 0.3 is 0 Å². The molecule has 2 aromatic heterocycles. The largest absolute Gasteiger partial charge is 0.375 e. The Balaban J connectivity index is 2.06. The van der Waals surface area contributed by atoms with E-state index in [9.17, 15) is 0 Å². The first-order chi connectivity index (χ1) is 8.33. The SMILES string of the molecule is Nc1nc2c(Nc3cncnc3)cccc2s1. The Morgan fingerprint density at radius 3 is 2.82 bits per heavy atom. The van der Waals surface area contributed by atoms with Crippen molar-refractivity contribution in [2.75, 3.05) is 11.1 Å². The van der Waals surface area contributed by atoms with Crippen LogP contribution in [-0.4, -0.2) is 15.0 Å². The van der Waals surface area contributed by atoms with Gasteiger partial charge in [0.15, 0.2) is 5.13 Å². The fourth-order valence-corrected chi connectivity index (χ4v) is 2.35. The second-order valence-electron chi connectivity index (χ2n) is 3.46. The Labute approximate surface area is 101 Å². The van der Waals surface area contributed by atoms with Gasteiger partial charge in [-0.25, -0.2) is 15.0 Å². The van der Waals surface area contributed by atoms with E-state index in [0.29, 0.717) is 5.13 Å². The first-order valence-corrected chi connectivity index (χ1v) is 5.81. The molecule has 0 amide bonds. The van der Waals surface area contributed by atoms with Gasteiger partial charge in [0.1, 0.15) is 11.8 Å². The van der Waals surface area contributed by atoms with Crippen molar-refractivity contribution in [2.24, 2.45) is 0 Å². The van der Waals surface area contributed by atoms with Gasteiger partial charge in [0.2, 0.25) is 0 Å². The van der Waals surface area contributed by atoms with E-state index in [4.69, 9.17) is 5.73 Å². The third-order valence-electron chi connectivity index (χ3n) is 2.28. The molecule has 17 heavy (non-hydrogen) atoms. The minimum absolute atomic E-state index is 0.568. The van der Waals surface area contributed by atoms with Crippen LogP contribution >= 0.6 is 11.3 Å². The van der Waals surface area contributed by atoms with Gasteiger partial charge in [-0.05, 0) is 12.1 Å². The van der Waals surface area contributed by atoms with Crippen molar-refractivity contribution in [3.05, 3.63) is 36.9 Å². The summed E-state index contributed by atoms with van der Waals surface area (Å²) in [6.07, 6.45) is 4.91. The number of aromatic nitrogens is 3. The third-order valence-corrected chi connectivity index (χ3v) is 3.12. The fraction of sp³-hybridized carbons (Fsp3) is 0. The van der Waals surface area contributed by atoms with E-state index in [1.807, 2.05) is 18.2 Å². The lowest BCUT2D eigenvalue weighted by atomic mass is 10.3. The van der Waals surface area contributed by atoms with Crippen LogP contribution in [0.1, 0.15) is 0 Å². The van der Waals surface area contributed by atoms with Crippen molar-refractivity contribution in [1.82, 2.24) is 15.0 Å². The molecule has 0 fully saturated rings. The molecule has 0 atom stereocenters. The number of benzene rings is 1. The highest BCUT2D eigenvalue weighted by Crippen LogP contribution is 2.30. The van der Waals surface area contributed by atoms with Crippen molar-refractivity contribution in [1.29, 1.82) is 0 Å². The molecule has 3 aromatic rings. The molecule has 84 valence electrons. The summed E-state index contributed by atoms with van der Waals surface area (Å²) < 4.78 is 1.06. The molecule has 0 saturated carbocycles. The Bertz CT molecular complexity index is 649. The van der Waals surface area contributed by atoms with Crippen molar-refractivity contribution < 1.29 is 0 Å². The summed E-state index contributed by atoms with van der Waals surface area (Å²) in [5.41, 5.74) is 8.31. The number of hydrogen-bond donors (Lipinski definition) is 2. The number of hydrogen-bond acceptors (Lipinski definition) is 6. The second kappa shape index (κ2) is 3.99. The summed E-state index contributed by atoms with van der Waals surface area (Å²) in [4.78, 5) is 12.2. The molecule has 0 aliphatic rings. The smallest absolute Gasteiger partial charge is 0.181 e. The zero-order chi connectivity index (χ0) is 11.7. The van der Waals surface area contributed by atoms with E-state index in [2.05, 4.69) is 20.3 Å². The number of para-hydroxylation sites is 1. The number of nitrogens with two attached hydrogens (primary N) is 1. The number of rotatable bonds is 2. The van der Waals surface area contributed by atoms with Crippen molar-refractivity contribution in [3.8, 4) is 0 Å². The van der Waals surface area contributed by atoms with Gasteiger partial charge in [-0.15, -0.1) is 0 Å². The van der Waals surface area contributed by atoms with Crippen molar-refractivity contribution in [2.45, 2.75) is 0 Å². The molecule has 0 bridgehead atoms. The minimum Gasteiger partial charge on any atom is -0.375 e. The number of nitrogen functional groups attached to an aromatic ring is 1. The standard InChI is InChI=1S/C11H9N5S/c12-11-16-10-8(2-1-3-9(10)17-11)15-7-4-13-6-14-5-7/h1-6,15H,(H2,12,16). The van der Waals surface area contributed by atoms with Crippen LogP contribution in [0, 0.1) is 0 Å². The van der Waals surface area contributed by atoms with Gasteiger partial charge < -0.3 is 11.1 Å². The van der Waals surface area contributed by atoms with Gasteiger partial charge in [-0.2, -0.15) is 0 Å². The maximum absolute atomic E-state index is 5.71. The first-order valence-electron chi connectivity index (χ1n) is 5.00. The maximum Gasteiger partial charge on any atom is 0.181 e. The zero-order valence-electron chi connectivity index (χ0n) is 8.79. The predicted molar refractivity (Wildman–Crippen MR) is 69.3 cm³/mol. The lowest BCUT2D eigenvalue weighted by molar-refractivity contribution is 1.17. The summed E-state index contributed by atoms with van der Waals surface area (Å²) >= 11 is 1.47. The normalized spacial score (nSPS) is 10.6. The monoisotopic (exact) mass is 243 g/mol. The van der Waals surface area contributed by atoms with E-state index in [-0.39, 0.29) is 0 Å². The van der Waals surface area contributed by atoms with Gasteiger partial charge in [-0.1, -0.05) is 17.4 Å². The molecule has 5 nitrogen and oxygen atoms in total. The topological polar surface area (TPSA) is 76.7 Å². The molecule has 2 heterocycles. The Morgan fingerprint density at radius 1 is 1.18 bits per heavy atom. The zero-order valence-corrected chi connectivity index (χ0v) is 9.61. The predicted octanol–water partition coefficient (Wildman–Crippen LogP) is 2.41. The summed E-state index contributed by atoms with van der Waals surface area (Å²) in [6, 6.07) is 5.91. The van der Waals surface area contributed by atoms with E-state index in [1.165, 1.54) is 17.7 Å². The van der Waals surface area contributed by atoms with Crippen LogP contribution in [0.5, 0.6) is 0 Å². The van der Waals surface area contributed by atoms with Gasteiger partial charge in [-0.3, -0.25) is 0 Å². The van der Waals surface area contributed by atoms with E-state index in [1.54, 1.807) is 12.4 Å². The maximum atomic E-state index is 5.71. The van der Waals surface area contributed by atoms with Gasteiger partial charge in [0, 0.05) is 0 Å². The highest BCUT2D eigenvalue weighted by Gasteiger charge is 2.06. The van der Waals surface area contributed by atoms with Gasteiger partial charge in [0.25, 0.3) is 0 Å². The van der Waals surface area contributed by atoms with E-state index < -0.39 is 0 Å². The number of fused-ring (bicyclic) bond motifs is 1. The minimum atomic E-state index is 0.568. The van der Waals surface area contributed by atoms with E-state index in [0.717, 1.165) is 21.6 Å². The highest BCUT2D eigenvalue weighted by atomic mass is 32.1. The lowest BCUT2D eigenvalue weighted by Crippen LogP contribution is -1.92. The van der Waals surface area contributed by atoms with Gasteiger partial charge in [0.05, 0.1) is 28.5 Å². The number of nitrogens with zero attached hydrogens (tertiary/aromatic N) is 3. The Hall–Kier alpha value is -2.21. The Morgan fingerprint density at radius 2 is 2.00 bits per heavy atom. The van der Waals surface area contributed by atoms with Crippen LogP contribution in [0.3, 0.4) is 0 Å². The molecular weight excluding hydrogens is 234 g/mol. The van der Waals surface area contributed by atoms with Crippen molar-refractivity contribution >= 4 is 38.1 Å². The summed E-state index contributed by atoms with van der Waals surface area (Å²) in [7, 11) is 0. The molecule has 3 rings (SSSR count). The highest BCUT2D eigenvalue weighted by molar-refractivity contribution is 7.22. The van der Waals surface area contributed by atoms with Crippen LogP contribution in [0.4, 0.5) is 16.5 Å². The molecular formula is C11H9N5S. The van der Waals surface area contributed by atoms with Crippen LogP contribution in [-0.2, 0) is 0 Å². The van der Waals surface area contributed by atoms with Crippen LogP contribution < -0.4 is 11.1 Å². The first kappa shape index (κ1) is 9.98. The summed E-state index contributed by atoms with van der Waals surface area (Å²) in [6.45, 7) is 0. The molecule has 0 radical (unpaired) electrons. The average molecular weight is 243 g/mol. The molecule has 3 N–H and O–H groups in total. The Kier molecular flexibility index (Phi) is 2.34. The van der Waals surface area contributed by atoms with Crippen LogP contribution in [0.2, 0.25) is 0 Å². The molecule has 0 aliphatic carbocycles. The summed E-state index contributed by atoms with van der Waals surface area (Å²) in [5, 5.41) is 3.79. The molecule has 6 heteroatoms. The number of thiazole rings is 1. The van der Waals surface area contributed by atoms with Crippen LogP contribution in [0.15, 0.2) is 36.9 Å². The molecule has 0 unspecified atom stereocenters. The lowest BCUT2D eigenvalue weighted by Gasteiger charge is -2.05. The molecule has 0 spiro atoms.